The molecule has 0 aliphatic heterocycles. The van der Waals surface area contributed by atoms with Crippen molar-refractivity contribution in [2.45, 2.75) is 51.2 Å². The van der Waals surface area contributed by atoms with Crippen molar-refractivity contribution in [2.75, 3.05) is 0 Å². The van der Waals surface area contributed by atoms with Crippen LogP contribution in [-0.2, 0) is 10.3 Å². The largest absolute Gasteiger partial charge is 0.478 e. The maximum atomic E-state index is 12.5. The first kappa shape index (κ1) is 25.9. The Balaban J connectivity index is 1.61. The molecule has 1 aliphatic carbocycles. The summed E-state index contributed by atoms with van der Waals surface area (Å²) in [5, 5.41) is 26.6. The molecule has 3 N–H and O–H groups in total. The van der Waals surface area contributed by atoms with Gasteiger partial charge in [-0.3, -0.25) is 0 Å². The number of nitrogens with zero attached hydrogens (tertiary/aromatic N) is 3. The number of imidazole rings is 1. The van der Waals surface area contributed by atoms with E-state index in [0.717, 1.165) is 30.9 Å². The number of carboxylic acid groups (broad SMARTS) is 2. The molecule has 0 bridgehead atoms. The van der Waals surface area contributed by atoms with Gasteiger partial charge in [-0.05, 0) is 51.7 Å². The molecular weight excluding hydrogens is 500 g/mol. The lowest BCUT2D eigenvalue weighted by atomic mass is 9.71. The van der Waals surface area contributed by atoms with Gasteiger partial charge in [0.15, 0.2) is 11.3 Å². The summed E-state index contributed by atoms with van der Waals surface area (Å²) in [7, 11) is 0. The number of fused-ring (bicyclic) bond motifs is 1. The van der Waals surface area contributed by atoms with Crippen molar-refractivity contribution in [3.8, 4) is 22.5 Å². The van der Waals surface area contributed by atoms with Crippen molar-refractivity contribution < 1.29 is 29.3 Å². The number of ether oxygens (including phenoxy) is 1. The number of aromatic carboxylic acids is 2. The van der Waals surface area contributed by atoms with E-state index in [-0.39, 0.29) is 11.2 Å². The number of benzene rings is 2. The van der Waals surface area contributed by atoms with Gasteiger partial charge >= 0.3 is 18.0 Å². The Labute approximate surface area is 224 Å². The second-order valence-corrected chi connectivity index (χ2v) is 10.6. The molecule has 0 unspecified atom stereocenters. The molecule has 1 aliphatic rings. The fraction of sp³-hybridized carbons (Fsp3) is 0.276. The number of hydrogen-bond acceptors (Lipinski definition) is 6. The minimum Gasteiger partial charge on any atom is -0.478 e. The predicted molar refractivity (Wildman–Crippen MR) is 143 cm³/mol. The van der Waals surface area contributed by atoms with Gasteiger partial charge < -0.3 is 20.3 Å². The van der Waals surface area contributed by atoms with E-state index >= 15 is 0 Å². The van der Waals surface area contributed by atoms with Crippen LogP contribution in [0.5, 0.6) is 0 Å². The first-order chi connectivity index (χ1) is 18.5. The van der Waals surface area contributed by atoms with Gasteiger partial charge in [0.05, 0.1) is 11.2 Å². The van der Waals surface area contributed by atoms with E-state index in [1.54, 1.807) is 0 Å². The summed E-state index contributed by atoms with van der Waals surface area (Å²) >= 11 is 0. The van der Waals surface area contributed by atoms with Crippen LogP contribution in [0.15, 0.2) is 60.7 Å². The van der Waals surface area contributed by atoms with E-state index in [9.17, 15) is 24.6 Å². The summed E-state index contributed by atoms with van der Waals surface area (Å²) < 4.78 is 6.76. The highest BCUT2D eigenvalue weighted by Crippen LogP contribution is 2.42. The van der Waals surface area contributed by atoms with Crippen molar-refractivity contribution in [1.29, 1.82) is 0 Å². The fourth-order valence-corrected chi connectivity index (χ4v) is 4.80. The number of nitrogens with one attached hydrogen (secondary N) is 1. The molecule has 0 spiro atoms. The molecule has 2 aromatic heterocycles. The van der Waals surface area contributed by atoms with Crippen LogP contribution in [0.2, 0.25) is 0 Å². The van der Waals surface area contributed by atoms with Gasteiger partial charge in [0.1, 0.15) is 16.9 Å². The van der Waals surface area contributed by atoms with Crippen LogP contribution in [-0.4, -0.2) is 48.4 Å². The van der Waals surface area contributed by atoms with Crippen molar-refractivity contribution in [2.24, 2.45) is 0 Å². The summed E-state index contributed by atoms with van der Waals surface area (Å²) in [6, 6.07) is 17.7. The van der Waals surface area contributed by atoms with Crippen LogP contribution in [0, 0.1) is 0 Å². The maximum absolute atomic E-state index is 12.5. The third-order valence-corrected chi connectivity index (χ3v) is 6.74. The highest BCUT2D eigenvalue weighted by Gasteiger charge is 2.41. The highest BCUT2D eigenvalue weighted by molar-refractivity contribution is 5.99. The standard InChI is InChI=1S/C29H28N4O6/c1-28(2,3)39-27(38)31-29(14-7-15-29)19-12-10-17(11-13-19)22-23(18-8-5-4-6-9-18)33-24(30-22)20(25(34)35)16-21(32-33)26(36)37/h4-6,8-13,16H,7,14-15H2,1-3H3,(H,31,38)(H,34,35)(H,36,37). The summed E-state index contributed by atoms with van der Waals surface area (Å²) in [6.07, 6.45) is 2.05. The van der Waals surface area contributed by atoms with Gasteiger partial charge in [-0.25, -0.2) is 23.9 Å². The number of carbonyl (C=O) groups excluding carboxylic acids is 1. The van der Waals surface area contributed by atoms with Crippen molar-refractivity contribution in [3.05, 3.63) is 77.5 Å². The van der Waals surface area contributed by atoms with Gasteiger partial charge in [0.25, 0.3) is 0 Å². The Bertz CT molecular complexity index is 1580. The number of aromatic nitrogens is 3. The molecule has 2 heterocycles. The van der Waals surface area contributed by atoms with Gasteiger partial charge in [-0.15, -0.1) is 0 Å². The van der Waals surface area contributed by atoms with Crippen LogP contribution >= 0.6 is 0 Å². The van der Waals surface area contributed by atoms with E-state index in [4.69, 9.17) is 4.74 Å². The van der Waals surface area contributed by atoms with E-state index in [0.29, 0.717) is 22.5 Å². The Hall–Kier alpha value is -4.73. The Morgan fingerprint density at radius 2 is 1.62 bits per heavy atom. The molecule has 2 aromatic carbocycles. The molecule has 1 saturated carbocycles. The average Bonchev–Trinajstić information content (AvgIpc) is 3.24. The summed E-state index contributed by atoms with van der Waals surface area (Å²) in [6.45, 7) is 5.45. The molecule has 200 valence electrons. The number of hydrogen-bond donors (Lipinski definition) is 3. The van der Waals surface area contributed by atoms with Crippen molar-refractivity contribution in [1.82, 2.24) is 19.9 Å². The Morgan fingerprint density at radius 1 is 0.949 bits per heavy atom. The van der Waals surface area contributed by atoms with Crippen LogP contribution < -0.4 is 5.32 Å². The van der Waals surface area contributed by atoms with E-state index in [2.05, 4.69) is 15.4 Å². The first-order valence-electron chi connectivity index (χ1n) is 12.6. The van der Waals surface area contributed by atoms with Gasteiger partial charge in [-0.1, -0.05) is 54.6 Å². The van der Waals surface area contributed by atoms with Crippen molar-refractivity contribution in [3.63, 3.8) is 0 Å². The summed E-state index contributed by atoms with van der Waals surface area (Å²) in [5.41, 5.74) is 1.44. The Kier molecular flexibility index (Phi) is 6.33. The van der Waals surface area contributed by atoms with Crippen LogP contribution in [0.1, 0.15) is 66.4 Å². The van der Waals surface area contributed by atoms with Crippen LogP contribution in [0.4, 0.5) is 4.79 Å². The molecule has 5 rings (SSSR count). The van der Waals surface area contributed by atoms with Crippen LogP contribution in [0.25, 0.3) is 28.2 Å². The minimum atomic E-state index is -1.35. The number of carbonyl (C=O) groups is 3. The lowest BCUT2D eigenvalue weighted by Gasteiger charge is -2.43. The molecule has 0 saturated heterocycles. The van der Waals surface area contributed by atoms with Gasteiger partial charge in [0.2, 0.25) is 0 Å². The second-order valence-electron chi connectivity index (χ2n) is 10.6. The molecule has 10 heteroatoms. The van der Waals surface area contributed by atoms with Crippen molar-refractivity contribution >= 4 is 23.7 Å². The molecule has 1 fully saturated rings. The zero-order valence-corrected chi connectivity index (χ0v) is 21.8. The SMILES string of the molecule is CC(C)(C)OC(=O)NC1(c2ccc(-c3nc4c(C(=O)O)cc(C(=O)O)nn4c3-c3ccccc3)cc2)CCC1. The minimum absolute atomic E-state index is 0.0347. The molecule has 1 amide bonds. The van der Waals surface area contributed by atoms with Crippen LogP contribution in [0.3, 0.4) is 0 Å². The van der Waals surface area contributed by atoms with E-state index in [1.807, 2.05) is 75.4 Å². The topological polar surface area (TPSA) is 143 Å². The monoisotopic (exact) mass is 528 g/mol. The fourth-order valence-electron chi connectivity index (χ4n) is 4.80. The number of alkyl carbamates (subject to hydrolysis) is 1. The molecule has 4 aromatic rings. The third-order valence-electron chi connectivity index (χ3n) is 6.74. The zero-order valence-electron chi connectivity index (χ0n) is 21.8. The van der Waals surface area contributed by atoms with Gasteiger partial charge in [-0.2, -0.15) is 5.10 Å². The molecule has 0 radical (unpaired) electrons. The molecular formula is C29H28N4O6. The number of amides is 1. The summed E-state index contributed by atoms with van der Waals surface area (Å²) in [4.78, 5) is 41.0. The molecule has 0 atom stereocenters. The lowest BCUT2D eigenvalue weighted by Crippen LogP contribution is -2.52. The number of carboxylic acids is 2. The normalized spacial score (nSPS) is 14.4. The highest BCUT2D eigenvalue weighted by atomic mass is 16.6. The van der Waals surface area contributed by atoms with Gasteiger partial charge in [0, 0.05) is 11.1 Å². The zero-order chi connectivity index (χ0) is 27.9. The summed E-state index contributed by atoms with van der Waals surface area (Å²) in [5.74, 6) is -2.65. The van der Waals surface area contributed by atoms with E-state index < -0.39 is 34.9 Å². The average molecular weight is 529 g/mol. The maximum Gasteiger partial charge on any atom is 0.408 e. The Morgan fingerprint density at radius 3 is 2.15 bits per heavy atom. The van der Waals surface area contributed by atoms with E-state index in [1.165, 1.54) is 4.52 Å². The smallest absolute Gasteiger partial charge is 0.408 e. The lowest BCUT2D eigenvalue weighted by molar-refractivity contribution is 0.0376. The third kappa shape index (κ3) is 4.93. The molecule has 10 nitrogen and oxygen atoms in total. The quantitative estimate of drug-likeness (QED) is 0.303. The predicted octanol–water partition coefficient (Wildman–Crippen LogP) is 5.36. The number of rotatable bonds is 6. The first-order valence-corrected chi connectivity index (χ1v) is 12.6. The molecule has 39 heavy (non-hydrogen) atoms. The second kappa shape index (κ2) is 9.54.